The summed E-state index contributed by atoms with van der Waals surface area (Å²) in [7, 11) is -2.99. The Morgan fingerprint density at radius 1 is 1.05 bits per heavy atom. The van der Waals surface area contributed by atoms with E-state index < -0.39 is 9.84 Å². The van der Waals surface area contributed by atoms with Gasteiger partial charge in [-0.1, -0.05) is 0 Å². The van der Waals surface area contributed by atoms with E-state index >= 15 is 0 Å². The Bertz CT molecular complexity index is 597. The van der Waals surface area contributed by atoms with Crippen LogP contribution in [-0.2, 0) is 9.84 Å². The molecule has 2 saturated heterocycles. The quantitative estimate of drug-likeness (QED) is 0.837. The number of anilines is 1. The molecule has 2 aliphatic rings. The maximum Gasteiger partial charge on any atom is 0.153 e. The van der Waals surface area contributed by atoms with Crippen LogP contribution >= 0.6 is 0 Å². The SMILES string of the molecule is NC1CS(=O)(=O)CC1N1CCN(c2ccc(F)cc2)CC1. The van der Waals surface area contributed by atoms with Gasteiger partial charge in [0.1, 0.15) is 5.82 Å². The second-order valence-electron chi connectivity index (χ2n) is 5.81. The molecule has 2 atom stereocenters. The number of benzene rings is 1. The third kappa shape index (κ3) is 3.20. The lowest BCUT2D eigenvalue weighted by Crippen LogP contribution is -2.55. The van der Waals surface area contributed by atoms with E-state index in [4.69, 9.17) is 5.73 Å². The minimum atomic E-state index is -2.99. The number of rotatable bonds is 2. The molecule has 2 unspecified atom stereocenters. The lowest BCUT2D eigenvalue weighted by atomic mass is 10.1. The molecule has 0 aromatic heterocycles. The summed E-state index contributed by atoms with van der Waals surface area (Å²) in [6.07, 6.45) is 0. The monoisotopic (exact) mass is 313 g/mol. The molecule has 0 radical (unpaired) electrons. The number of nitrogens with two attached hydrogens (primary N) is 1. The van der Waals surface area contributed by atoms with Gasteiger partial charge in [-0.05, 0) is 24.3 Å². The van der Waals surface area contributed by atoms with Crippen molar-refractivity contribution >= 4 is 15.5 Å². The molecule has 0 amide bonds. The first-order chi connectivity index (χ1) is 9.94. The predicted octanol–water partition coefficient (Wildman–Crippen LogP) is 0.0720. The lowest BCUT2D eigenvalue weighted by molar-refractivity contribution is 0.187. The minimum Gasteiger partial charge on any atom is -0.369 e. The first-order valence-electron chi connectivity index (χ1n) is 7.15. The Morgan fingerprint density at radius 2 is 1.67 bits per heavy atom. The van der Waals surface area contributed by atoms with Gasteiger partial charge < -0.3 is 10.6 Å². The van der Waals surface area contributed by atoms with Crippen molar-refractivity contribution < 1.29 is 12.8 Å². The fourth-order valence-electron chi connectivity index (χ4n) is 3.20. The zero-order valence-electron chi connectivity index (χ0n) is 11.8. The van der Waals surface area contributed by atoms with Gasteiger partial charge in [-0.15, -0.1) is 0 Å². The van der Waals surface area contributed by atoms with Crippen molar-refractivity contribution in [3.8, 4) is 0 Å². The number of nitrogens with zero attached hydrogens (tertiary/aromatic N) is 2. The Kier molecular flexibility index (Phi) is 3.90. The van der Waals surface area contributed by atoms with Crippen molar-refractivity contribution in [3.63, 3.8) is 0 Å². The summed E-state index contributed by atoms with van der Waals surface area (Å²) >= 11 is 0. The molecule has 116 valence electrons. The van der Waals surface area contributed by atoms with Crippen molar-refractivity contribution in [1.29, 1.82) is 0 Å². The van der Waals surface area contributed by atoms with Gasteiger partial charge in [0.05, 0.1) is 11.5 Å². The van der Waals surface area contributed by atoms with Gasteiger partial charge in [-0.3, -0.25) is 4.90 Å². The van der Waals surface area contributed by atoms with E-state index in [1.165, 1.54) is 12.1 Å². The first kappa shape index (κ1) is 14.7. The molecule has 0 aliphatic carbocycles. The predicted molar refractivity (Wildman–Crippen MR) is 80.6 cm³/mol. The molecular formula is C14H20FN3O2S. The Hall–Kier alpha value is -1.18. The maximum atomic E-state index is 12.9. The first-order valence-corrected chi connectivity index (χ1v) is 8.97. The highest BCUT2D eigenvalue weighted by atomic mass is 32.2. The van der Waals surface area contributed by atoms with E-state index in [-0.39, 0.29) is 29.4 Å². The molecule has 2 fully saturated rings. The molecule has 0 spiro atoms. The van der Waals surface area contributed by atoms with Gasteiger partial charge in [0.25, 0.3) is 0 Å². The highest BCUT2D eigenvalue weighted by Gasteiger charge is 2.39. The molecule has 2 heterocycles. The maximum absolute atomic E-state index is 12.9. The van der Waals surface area contributed by atoms with Crippen molar-refractivity contribution in [2.45, 2.75) is 12.1 Å². The fourth-order valence-corrected chi connectivity index (χ4v) is 5.12. The summed E-state index contributed by atoms with van der Waals surface area (Å²) in [5, 5.41) is 0. The molecule has 7 heteroatoms. The van der Waals surface area contributed by atoms with Crippen LogP contribution in [0.5, 0.6) is 0 Å². The van der Waals surface area contributed by atoms with Gasteiger partial charge in [-0.2, -0.15) is 0 Å². The fraction of sp³-hybridized carbons (Fsp3) is 0.571. The van der Waals surface area contributed by atoms with Crippen molar-refractivity contribution in [2.75, 3.05) is 42.6 Å². The van der Waals surface area contributed by atoms with E-state index in [0.717, 1.165) is 31.9 Å². The van der Waals surface area contributed by atoms with Crippen LogP contribution in [0.15, 0.2) is 24.3 Å². The molecule has 3 rings (SSSR count). The van der Waals surface area contributed by atoms with E-state index in [1.807, 2.05) is 0 Å². The van der Waals surface area contributed by atoms with Gasteiger partial charge in [-0.25, -0.2) is 12.8 Å². The molecule has 1 aromatic rings. The van der Waals surface area contributed by atoms with E-state index in [9.17, 15) is 12.8 Å². The van der Waals surface area contributed by atoms with Crippen LogP contribution in [0, 0.1) is 5.82 Å². The Balaban J connectivity index is 1.62. The summed E-state index contributed by atoms with van der Waals surface area (Å²) < 4.78 is 36.3. The van der Waals surface area contributed by atoms with Crippen LogP contribution in [0.2, 0.25) is 0 Å². The van der Waals surface area contributed by atoms with Crippen molar-refractivity contribution in [1.82, 2.24) is 4.90 Å². The lowest BCUT2D eigenvalue weighted by Gasteiger charge is -2.39. The normalized spacial score (nSPS) is 29.7. The molecule has 0 bridgehead atoms. The van der Waals surface area contributed by atoms with Gasteiger partial charge in [0.15, 0.2) is 9.84 Å². The Labute approximate surface area is 124 Å². The highest BCUT2D eigenvalue weighted by molar-refractivity contribution is 7.91. The number of piperazine rings is 1. The van der Waals surface area contributed by atoms with Gasteiger partial charge in [0, 0.05) is 44.0 Å². The van der Waals surface area contributed by atoms with Crippen LogP contribution in [0.1, 0.15) is 0 Å². The van der Waals surface area contributed by atoms with Gasteiger partial charge >= 0.3 is 0 Å². The van der Waals surface area contributed by atoms with Crippen LogP contribution in [-0.4, -0.2) is 63.1 Å². The summed E-state index contributed by atoms with van der Waals surface area (Å²) in [6.45, 7) is 3.17. The van der Waals surface area contributed by atoms with Crippen LogP contribution in [0.3, 0.4) is 0 Å². The second-order valence-corrected chi connectivity index (χ2v) is 7.96. The standard InChI is InChI=1S/C14H20FN3O2S/c15-11-1-3-12(4-2-11)17-5-7-18(8-6-17)14-10-21(19,20)9-13(14)16/h1-4,13-14H,5-10,16H2. The van der Waals surface area contributed by atoms with Crippen LogP contribution in [0.25, 0.3) is 0 Å². The topological polar surface area (TPSA) is 66.6 Å². The molecular weight excluding hydrogens is 293 g/mol. The van der Waals surface area contributed by atoms with Gasteiger partial charge in [0.2, 0.25) is 0 Å². The number of sulfone groups is 1. The Morgan fingerprint density at radius 3 is 2.19 bits per heavy atom. The highest BCUT2D eigenvalue weighted by Crippen LogP contribution is 2.21. The minimum absolute atomic E-state index is 0.0645. The summed E-state index contributed by atoms with van der Waals surface area (Å²) in [5.41, 5.74) is 6.97. The molecule has 0 saturated carbocycles. The number of hydrogen-bond donors (Lipinski definition) is 1. The zero-order chi connectivity index (χ0) is 15.0. The van der Waals surface area contributed by atoms with Crippen LogP contribution in [0.4, 0.5) is 10.1 Å². The average Bonchev–Trinajstić information content (AvgIpc) is 2.73. The van der Waals surface area contributed by atoms with E-state index in [0.29, 0.717) is 0 Å². The largest absolute Gasteiger partial charge is 0.369 e. The third-order valence-electron chi connectivity index (χ3n) is 4.34. The molecule has 2 aliphatic heterocycles. The van der Waals surface area contributed by atoms with Crippen LogP contribution < -0.4 is 10.6 Å². The second kappa shape index (κ2) is 5.55. The summed E-state index contributed by atoms with van der Waals surface area (Å²) in [4.78, 5) is 4.36. The number of hydrogen-bond acceptors (Lipinski definition) is 5. The van der Waals surface area contributed by atoms with E-state index in [2.05, 4.69) is 9.80 Å². The number of halogens is 1. The molecule has 1 aromatic carbocycles. The smallest absolute Gasteiger partial charge is 0.153 e. The zero-order valence-corrected chi connectivity index (χ0v) is 12.6. The molecule has 21 heavy (non-hydrogen) atoms. The summed E-state index contributed by atoms with van der Waals surface area (Å²) in [6, 6.07) is 6.12. The van der Waals surface area contributed by atoms with Crippen molar-refractivity contribution in [3.05, 3.63) is 30.1 Å². The van der Waals surface area contributed by atoms with E-state index in [1.54, 1.807) is 12.1 Å². The third-order valence-corrected chi connectivity index (χ3v) is 6.08. The average molecular weight is 313 g/mol. The van der Waals surface area contributed by atoms with Crippen molar-refractivity contribution in [2.24, 2.45) is 5.73 Å². The molecule has 2 N–H and O–H groups in total. The summed E-state index contributed by atoms with van der Waals surface area (Å²) in [5.74, 6) is 0.0279. The molecule has 5 nitrogen and oxygen atoms in total.